The average Bonchev–Trinajstić information content (AvgIpc) is 3.27. The Hall–Kier alpha value is -3.07. The summed E-state index contributed by atoms with van der Waals surface area (Å²) in [5, 5.41) is 6.55. The molecule has 0 saturated carbocycles. The van der Waals surface area contributed by atoms with Crippen LogP contribution in [0.5, 0.6) is 5.75 Å². The average molecular weight is 434 g/mol. The zero-order chi connectivity index (χ0) is 19.4. The van der Waals surface area contributed by atoms with Crippen LogP contribution in [0.1, 0.15) is 26.8 Å². The Morgan fingerprint density at radius 3 is 2.78 bits per heavy atom. The molecule has 2 aromatic heterocycles. The van der Waals surface area contributed by atoms with E-state index in [-0.39, 0.29) is 23.7 Å². The number of nitrogens with zero attached hydrogens (tertiary/aromatic N) is 2. The molecule has 9 heteroatoms. The van der Waals surface area contributed by atoms with E-state index in [1.165, 1.54) is 24.1 Å². The molecule has 1 amide bonds. The fourth-order valence-electron chi connectivity index (χ4n) is 2.34. The van der Waals surface area contributed by atoms with Crippen molar-refractivity contribution in [2.24, 2.45) is 7.05 Å². The minimum Gasteiger partial charge on any atom is -0.484 e. The van der Waals surface area contributed by atoms with Crippen LogP contribution in [0, 0.1) is 0 Å². The number of aromatic nitrogens is 2. The second-order valence-electron chi connectivity index (χ2n) is 5.46. The number of halogens is 1. The molecule has 1 aromatic carbocycles. The molecule has 8 nitrogen and oxygen atoms in total. The molecule has 0 aliphatic carbocycles. The molecule has 0 aliphatic heterocycles. The number of esters is 1. The highest BCUT2D eigenvalue weighted by Gasteiger charge is 2.21. The summed E-state index contributed by atoms with van der Waals surface area (Å²) in [4.78, 5) is 24.2. The Morgan fingerprint density at radius 2 is 2.04 bits per heavy atom. The van der Waals surface area contributed by atoms with Crippen LogP contribution in [0.4, 0.5) is 5.69 Å². The number of methoxy groups -OCH3 is 1. The molecule has 27 heavy (non-hydrogen) atoms. The Labute approximate surface area is 163 Å². The van der Waals surface area contributed by atoms with Gasteiger partial charge in [-0.25, -0.2) is 4.79 Å². The fraction of sp³-hybridized carbons (Fsp3) is 0.167. The van der Waals surface area contributed by atoms with Gasteiger partial charge in [-0.1, -0.05) is 12.1 Å². The molecular weight excluding hydrogens is 418 g/mol. The van der Waals surface area contributed by atoms with Crippen molar-refractivity contribution in [3.63, 3.8) is 0 Å². The van der Waals surface area contributed by atoms with Crippen molar-refractivity contribution >= 4 is 33.5 Å². The number of para-hydroxylation sites is 1. The zero-order valence-electron chi connectivity index (χ0n) is 14.6. The Bertz CT molecular complexity index is 979. The predicted molar refractivity (Wildman–Crippen MR) is 99.7 cm³/mol. The second kappa shape index (κ2) is 8.09. The van der Waals surface area contributed by atoms with Crippen molar-refractivity contribution in [3.05, 3.63) is 64.3 Å². The number of anilines is 1. The first kappa shape index (κ1) is 18.7. The summed E-state index contributed by atoms with van der Waals surface area (Å²) in [7, 11) is 2.83. The second-order valence-corrected chi connectivity index (χ2v) is 6.32. The van der Waals surface area contributed by atoms with Crippen LogP contribution in [0.25, 0.3) is 0 Å². The molecule has 0 fully saturated rings. The van der Waals surface area contributed by atoms with Crippen LogP contribution >= 0.6 is 15.9 Å². The maximum atomic E-state index is 12.4. The Morgan fingerprint density at radius 1 is 1.26 bits per heavy atom. The third-order valence-corrected chi connectivity index (χ3v) is 4.31. The van der Waals surface area contributed by atoms with Gasteiger partial charge in [0, 0.05) is 7.05 Å². The SMILES string of the molecule is COC(=O)c1c(NC(=O)c2ccc(COc3ccccc3Br)o2)cnn1C. The van der Waals surface area contributed by atoms with Gasteiger partial charge in [0.25, 0.3) is 5.91 Å². The predicted octanol–water partition coefficient (Wildman–Crippen LogP) is 3.39. The van der Waals surface area contributed by atoms with Crippen LogP contribution in [-0.2, 0) is 18.4 Å². The minimum atomic E-state index is -0.604. The quantitative estimate of drug-likeness (QED) is 0.598. The van der Waals surface area contributed by atoms with Gasteiger partial charge in [0.2, 0.25) is 0 Å². The lowest BCUT2D eigenvalue weighted by atomic mass is 10.3. The third-order valence-electron chi connectivity index (χ3n) is 3.66. The van der Waals surface area contributed by atoms with Crippen LogP contribution in [0.15, 0.2) is 51.5 Å². The van der Waals surface area contributed by atoms with E-state index < -0.39 is 11.9 Å². The van der Waals surface area contributed by atoms with E-state index >= 15 is 0 Å². The minimum absolute atomic E-state index is 0.0837. The monoisotopic (exact) mass is 433 g/mol. The van der Waals surface area contributed by atoms with Gasteiger partial charge in [0.15, 0.2) is 11.5 Å². The van der Waals surface area contributed by atoms with Gasteiger partial charge in [-0.3, -0.25) is 9.48 Å². The van der Waals surface area contributed by atoms with E-state index in [2.05, 4.69) is 26.3 Å². The maximum Gasteiger partial charge on any atom is 0.358 e. The molecule has 3 aromatic rings. The van der Waals surface area contributed by atoms with Gasteiger partial charge >= 0.3 is 5.97 Å². The number of benzene rings is 1. The molecule has 0 spiro atoms. The van der Waals surface area contributed by atoms with Crippen LogP contribution < -0.4 is 10.1 Å². The lowest BCUT2D eigenvalue weighted by Gasteiger charge is -2.06. The molecule has 0 unspecified atom stereocenters. The standard InChI is InChI=1S/C18H16BrN3O5/c1-22-16(18(24)25-2)13(9-20-22)21-17(23)15-8-7-11(27-15)10-26-14-6-4-3-5-12(14)19/h3-9H,10H2,1-2H3,(H,21,23). The number of rotatable bonds is 6. The summed E-state index contributed by atoms with van der Waals surface area (Å²) in [5.74, 6) is 0.112. The van der Waals surface area contributed by atoms with Crippen molar-refractivity contribution in [3.8, 4) is 5.75 Å². The van der Waals surface area contributed by atoms with E-state index in [0.717, 1.165) is 4.47 Å². The molecular formula is C18H16BrN3O5. The van der Waals surface area contributed by atoms with Crippen molar-refractivity contribution in [1.82, 2.24) is 9.78 Å². The number of amides is 1. The van der Waals surface area contributed by atoms with Crippen LogP contribution in [0.3, 0.4) is 0 Å². The number of hydrogen-bond acceptors (Lipinski definition) is 6. The first-order chi connectivity index (χ1) is 13.0. The summed E-state index contributed by atoms with van der Waals surface area (Å²) in [6.07, 6.45) is 1.37. The number of ether oxygens (including phenoxy) is 2. The summed E-state index contributed by atoms with van der Waals surface area (Å²) in [6.45, 7) is 0.163. The van der Waals surface area contributed by atoms with E-state index in [1.54, 1.807) is 13.1 Å². The Balaban J connectivity index is 1.67. The lowest BCUT2D eigenvalue weighted by Crippen LogP contribution is -2.16. The van der Waals surface area contributed by atoms with Gasteiger partial charge in [-0.15, -0.1) is 0 Å². The first-order valence-electron chi connectivity index (χ1n) is 7.87. The van der Waals surface area contributed by atoms with Gasteiger partial charge in [0.05, 0.1) is 23.5 Å². The van der Waals surface area contributed by atoms with Gasteiger partial charge in [-0.2, -0.15) is 5.10 Å². The molecule has 1 N–H and O–H groups in total. The molecule has 0 aliphatic rings. The summed E-state index contributed by atoms with van der Waals surface area (Å²) < 4.78 is 18.0. The third kappa shape index (κ3) is 4.20. The highest BCUT2D eigenvalue weighted by atomic mass is 79.9. The highest BCUT2D eigenvalue weighted by molar-refractivity contribution is 9.10. The molecule has 3 rings (SSSR count). The van der Waals surface area contributed by atoms with Crippen LogP contribution in [0.2, 0.25) is 0 Å². The van der Waals surface area contributed by atoms with E-state index in [1.807, 2.05) is 24.3 Å². The summed E-state index contributed by atoms with van der Waals surface area (Å²) >= 11 is 3.40. The van der Waals surface area contributed by atoms with E-state index in [9.17, 15) is 9.59 Å². The molecule has 0 atom stereocenters. The fourth-order valence-corrected chi connectivity index (χ4v) is 2.74. The lowest BCUT2D eigenvalue weighted by molar-refractivity contribution is 0.0589. The molecule has 2 heterocycles. The van der Waals surface area contributed by atoms with Gasteiger partial charge in [-0.05, 0) is 40.2 Å². The van der Waals surface area contributed by atoms with Crippen molar-refractivity contribution in [2.75, 3.05) is 12.4 Å². The molecule has 0 saturated heterocycles. The van der Waals surface area contributed by atoms with Gasteiger partial charge in [0.1, 0.15) is 18.1 Å². The van der Waals surface area contributed by atoms with Crippen LogP contribution in [-0.4, -0.2) is 28.8 Å². The number of carbonyl (C=O) groups is 2. The van der Waals surface area contributed by atoms with Gasteiger partial charge < -0.3 is 19.2 Å². The van der Waals surface area contributed by atoms with E-state index in [0.29, 0.717) is 11.5 Å². The molecule has 140 valence electrons. The number of hydrogen-bond donors (Lipinski definition) is 1. The molecule has 0 radical (unpaired) electrons. The van der Waals surface area contributed by atoms with Crippen molar-refractivity contribution in [1.29, 1.82) is 0 Å². The summed E-state index contributed by atoms with van der Waals surface area (Å²) in [6, 6.07) is 10.6. The zero-order valence-corrected chi connectivity index (χ0v) is 16.1. The topological polar surface area (TPSA) is 95.6 Å². The van der Waals surface area contributed by atoms with Crippen molar-refractivity contribution < 1.29 is 23.5 Å². The highest BCUT2D eigenvalue weighted by Crippen LogP contribution is 2.25. The summed E-state index contributed by atoms with van der Waals surface area (Å²) in [5.41, 5.74) is 0.367. The van der Waals surface area contributed by atoms with E-state index in [4.69, 9.17) is 13.9 Å². The van der Waals surface area contributed by atoms with Crippen molar-refractivity contribution in [2.45, 2.75) is 6.61 Å². The number of aryl methyl sites for hydroxylation is 1. The Kier molecular flexibility index (Phi) is 5.60. The number of nitrogens with one attached hydrogen (secondary N) is 1. The maximum absolute atomic E-state index is 12.4. The number of carbonyl (C=O) groups excluding carboxylic acids is 2. The largest absolute Gasteiger partial charge is 0.484 e. The molecule has 0 bridgehead atoms. The first-order valence-corrected chi connectivity index (χ1v) is 8.66. The normalized spacial score (nSPS) is 10.5. The number of furan rings is 1. The smallest absolute Gasteiger partial charge is 0.358 e.